The lowest BCUT2D eigenvalue weighted by atomic mass is 9.70. The number of ether oxygens (including phenoxy) is 1. The van der Waals surface area contributed by atoms with Crippen molar-refractivity contribution in [1.82, 2.24) is 25.5 Å². The predicted octanol–water partition coefficient (Wildman–Crippen LogP) is 5.71. The number of halogens is 1. The summed E-state index contributed by atoms with van der Waals surface area (Å²) in [6.07, 6.45) is 3.06. The first kappa shape index (κ1) is 28.1. The number of carbonyl (C=O) groups is 2. The van der Waals surface area contributed by atoms with Gasteiger partial charge in [-0.25, -0.2) is 4.39 Å². The first-order valence-corrected chi connectivity index (χ1v) is 14.9. The number of rotatable bonds is 5. The van der Waals surface area contributed by atoms with Crippen molar-refractivity contribution in [3.63, 3.8) is 0 Å². The van der Waals surface area contributed by atoms with Crippen molar-refractivity contribution < 1.29 is 23.1 Å². The minimum atomic E-state index is -1.19. The van der Waals surface area contributed by atoms with E-state index in [0.29, 0.717) is 57.7 Å². The van der Waals surface area contributed by atoms with Crippen LogP contribution in [-0.4, -0.2) is 44.1 Å². The lowest BCUT2D eigenvalue weighted by Crippen LogP contribution is -2.52. The molecule has 3 aliphatic heterocycles. The summed E-state index contributed by atoms with van der Waals surface area (Å²) in [7, 11) is 0. The van der Waals surface area contributed by atoms with E-state index in [-0.39, 0.29) is 36.1 Å². The van der Waals surface area contributed by atoms with Gasteiger partial charge in [0.15, 0.2) is 5.60 Å². The molecule has 4 aromatic rings. The maximum absolute atomic E-state index is 13.9. The smallest absolute Gasteiger partial charge is 0.271 e. The van der Waals surface area contributed by atoms with Gasteiger partial charge < -0.3 is 14.5 Å². The van der Waals surface area contributed by atoms with Gasteiger partial charge >= 0.3 is 0 Å². The number of anilines is 1. The first-order chi connectivity index (χ1) is 21.0. The molecule has 2 bridgehead atoms. The third-order valence-electron chi connectivity index (χ3n) is 8.71. The zero-order valence-corrected chi connectivity index (χ0v) is 25.3. The Hall–Kier alpha value is -4.67. The van der Waals surface area contributed by atoms with E-state index in [2.05, 4.69) is 34.3 Å². The summed E-state index contributed by atoms with van der Waals surface area (Å²) in [6.45, 7) is 10.0. The van der Waals surface area contributed by atoms with Crippen LogP contribution < -0.4 is 15.0 Å². The number of fused-ring (bicyclic) bond motifs is 3. The SMILES string of the molecule is Cc1nnc(-c2c(C(C)C)nc3c(c2-c2ccc4c(c2)OC(C)(C)C(=O)N4Cc2ccc(F)cn2)C(=O)NCC2CC3C2)o1. The lowest BCUT2D eigenvalue weighted by Gasteiger charge is -2.40. The summed E-state index contributed by atoms with van der Waals surface area (Å²) in [6, 6.07) is 8.43. The van der Waals surface area contributed by atoms with Crippen LogP contribution >= 0.6 is 0 Å². The third kappa shape index (κ3) is 4.61. The summed E-state index contributed by atoms with van der Waals surface area (Å²) in [4.78, 5) is 38.3. The second-order valence-electron chi connectivity index (χ2n) is 12.7. The Bertz CT molecular complexity index is 1810. The van der Waals surface area contributed by atoms with Crippen molar-refractivity contribution in [2.24, 2.45) is 5.92 Å². The highest BCUT2D eigenvalue weighted by atomic mass is 19.1. The van der Waals surface area contributed by atoms with Crippen molar-refractivity contribution in [2.45, 2.75) is 71.4 Å². The fourth-order valence-corrected chi connectivity index (χ4v) is 6.47. The van der Waals surface area contributed by atoms with Crippen molar-refractivity contribution in [1.29, 1.82) is 0 Å². The van der Waals surface area contributed by atoms with E-state index >= 15 is 0 Å². The Kier molecular flexibility index (Phi) is 6.53. The minimum Gasteiger partial charge on any atom is -0.476 e. The van der Waals surface area contributed by atoms with E-state index in [0.717, 1.165) is 30.4 Å². The van der Waals surface area contributed by atoms with Crippen molar-refractivity contribution in [3.8, 4) is 28.3 Å². The van der Waals surface area contributed by atoms with Gasteiger partial charge in [0.2, 0.25) is 11.8 Å². The molecule has 1 saturated carbocycles. The second-order valence-corrected chi connectivity index (χ2v) is 12.7. The largest absolute Gasteiger partial charge is 0.476 e. The third-order valence-corrected chi connectivity index (χ3v) is 8.71. The molecule has 0 radical (unpaired) electrons. The van der Waals surface area contributed by atoms with Crippen LogP contribution in [0, 0.1) is 18.7 Å². The van der Waals surface area contributed by atoms with E-state index in [1.54, 1.807) is 31.7 Å². The molecule has 10 nitrogen and oxygen atoms in total. The number of hydrogen-bond acceptors (Lipinski definition) is 8. The summed E-state index contributed by atoms with van der Waals surface area (Å²) >= 11 is 0. The Morgan fingerprint density at radius 2 is 1.89 bits per heavy atom. The average Bonchev–Trinajstić information content (AvgIpc) is 3.38. The monoisotopic (exact) mass is 596 g/mol. The second kappa shape index (κ2) is 10.2. The number of benzene rings is 1. The summed E-state index contributed by atoms with van der Waals surface area (Å²) in [5.74, 6) is 0.886. The zero-order valence-electron chi connectivity index (χ0n) is 25.3. The Morgan fingerprint density at radius 3 is 2.57 bits per heavy atom. The fraction of sp³-hybridized carbons (Fsp3) is 0.394. The number of aryl methyl sites for hydroxylation is 1. The van der Waals surface area contributed by atoms with Crippen LogP contribution in [0.25, 0.3) is 22.6 Å². The van der Waals surface area contributed by atoms with E-state index in [1.807, 2.05) is 18.2 Å². The van der Waals surface area contributed by atoms with Gasteiger partial charge in [0.05, 0.1) is 46.6 Å². The van der Waals surface area contributed by atoms with Crippen LogP contribution in [0.2, 0.25) is 0 Å². The highest BCUT2D eigenvalue weighted by Crippen LogP contribution is 2.50. The lowest BCUT2D eigenvalue weighted by molar-refractivity contribution is -0.132. The molecule has 226 valence electrons. The normalized spacial score (nSPS) is 20.2. The van der Waals surface area contributed by atoms with Crippen LogP contribution in [0.1, 0.15) is 85.7 Å². The Morgan fingerprint density at radius 1 is 1.09 bits per heavy atom. The molecule has 3 aromatic heterocycles. The molecule has 0 unspecified atom stereocenters. The predicted molar refractivity (Wildman–Crippen MR) is 160 cm³/mol. The standard InChI is InChI=1S/C33H33FN6O4/c1-16(2)28-27(31-39-38-17(3)43-31)25(26-29(37-28)20-10-18(11-20)13-36-30(26)41)19-6-9-23-24(12-19)44-33(4,5)32(42)40(23)15-22-8-7-21(34)14-35-22/h6-9,12,14,16,18,20H,10-11,13,15H2,1-5H3,(H,36,41). The molecular weight excluding hydrogens is 563 g/mol. The maximum atomic E-state index is 13.9. The van der Waals surface area contributed by atoms with Crippen LogP contribution in [0.15, 0.2) is 40.9 Å². The highest BCUT2D eigenvalue weighted by molar-refractivity contribution is 6.07. The first-order valence-electron chi connectivity index (χ1n) is 14.9. The molecule has 8 rings (SSSR count). The molecule has 44 heavy (non-hydrogen) atoms. The van der Waals surface area contributed by atoms with E-state index in [9.17, 15) is 14.0 Å². The number of carbonyl (C=O) groups excluding carboxylic acids is 2. The fourth-order valence-electron chi connectivity index (χ4n) is 6.47. The minimum absolute atomic E-state index is 0.00485. The van der Waals surface area contributed by atoms with Crippen LogP contribution in [0.3, 0.4) is 0 Å². The molecule has 4 aliphatic rings. The van der Waals surface area contributed by atoms with Crippen molar-refractivity contribution >= 4 is 17.5 Å². The molecule has 0 saturated heterocycles. The van der Waals surface area contributed by atoms with E-state index in [4.69, 9.17) is 14.1 Å². The number of nitrogens with one attached hydrogen (secondary N) is 1. The number of amides is 2. The van der Waals surface area contributed by atoms with Gasteiger partial charge in [-0.05, 0) is 68.4 Å². The Labute approximate surface area is 254 Å². The van der Waals surface area contributed by atoms with Gasteiger partial charge in [0.25, 0.3) is 11.8 Å². The molecule has 1 N–H and O–H groups in total. The van der Waals surface area contributed by atoms with Crippen LogP contribution in [0.4, 0.5) is 10.1 Å². The van der Waals surface area contributed by atoms with Gasteiger partial charge in [-0.2, -0.15) is 0 Å². The van der Waals surface area contributed by atoms with Gasteiger partial charge in [0, 0.05) is 24.9 Å². The van der Waals surface area contributed by atoms with E-state index in [1.165, 1.54) is 6.07 Å². The van der Waals surface area contributed by atoms with Gasteiger partial charge in [0.1, 0.15) is 11.6 Å². The Balaban J connectivity index is 1.45. The van der Waals surface area contributed by atoms with Gasteiger partial charge in [-0.3, -0.25) is 24.5 Å². The molecule has 11 heteroatoms. The average molecular weight is 597 g/mol. The molecular formula is C33H33FN6O4. The molecule has 0 spiro atoms. The van der Waals surface area contributed by atoms with Gasteiger partial charge in [-0.15, -0.1) is 10.2 Å². The topological polar surface area (TPSA) is 123 Å². The summed E-state index contributed by atoms with van der Waals surface area (Å²) in [5, 5.41) is 11.6. The summed E-state index contributed by atoms with van der Waals surface area (Å²) in [5.41, 5.74) is 3.93. The number of pyridine rings is 2. The maximum Gasteiger partial charge on any atom is 0.271 e. The zero-order chi connectivity index (χ0) is 30.9. The van der Waals surface area contributed by atoms with Crippen LogP contribution in [0.5, 0.6) is 5.75 Å². The molecule has 1 aliphatic carbocycles. The number of aromatic nitrogens is 4. The molecule has 0 atom stereocenters. The number of hydrogen-bond donors (Lipinski definition) is 1. The van der Waals surface area contributed by atoms with Crippen molar-refractivity contribution in [3.05, 3.63) is 70.9 Å². The van der Waals surface area contributed by atoms with Crippen molar-refractivity contribution in [2.75, 3.05) is 11.4 Å². The molecule has 1 aromatic carbocycles. The highest BCUT2D eigenvalue weighted by Gasteiger charge is 2.43. The quantitative estimate of drug-likeness (QED) is 0.311. The molecule has 2 amide bonds. The van der Waals surface area contributed by atoms with E-state index < -0.39 is 11.4 Å². The molecule has 6 heterocycles. The summed E-state index contributed by atoms with van der Waals surface area (Å²) < 4.78 is 25.9. The van der Waals surface area contributed by atoms with Gasteiger partial charge in [-0.1, -0.05) is 19.9 Å². The number of nitrogens with zero attached hydrogens (tertiary/aromatic N) is 5. The molecule has 1 fully saturated rings. The van der Waals surface area contributed by atoms with Crippen LogP contribution in [-0.2, 0) is 11.3 Å².